The van der Waals surface area contributed by atoms with E-state index in [0.29, 0.717) is 6.54 Å². The average Bonchev–Trinajstić information content (AvgIpc) is 2.67. The summed E-state index contributed by atoms with van der Waals surface area (Å²) in [6.45, 7) is 4.55. The lowest BCUT2D eigenvalue weighted by molar-refractivity contribution is 0.391. The minimum absolute atomic E-state index is 0.701. The zero-order valence-electron chi connectivity index (χ0n) is 7.99. The lowest BCUT2D eigenvalue weighted by Gasteiger charge is -1.99. The molecule has 0 aliphatic heterocycles. The van der Waals surface area contributed by atoms with Gasteiger partial charge in [0.15, 0.2) is 0 Å². The van der Waals surface area contributed by atoms with Gasteiger partial charge < -0.3 is 4.52 Å². The highest BCUT2D eigenvalue weighted by molar-refractivity contribution is 9.10. The fourth-order valence-corrected chi connectivity index (χ4v) is 1.64. The highest BCUT2D eigenvalue weighted by atomic mass is 79.9. The van der Waals surface area contributed by atoms with Gasteiger partial charge in [0.2, 0.25) is 0 Å². The zero-order valence-corrected chi connectivity index (χ0v) is 9.58. The highest BCUT2D eigenvalue weighted by Crippen LogP contribution is 2.14. The van der Waals surface area contributed by atoms with Crippen LogP contribution >= 0.6 is 15.9 Å². The third-order valence-electron chi connectivity index (χ3n) is 2.10. The first-order valence-corrected chi connectivity index (χ1v) is 5.06. The fraction of sp³-hybridized carbons (Fsp3) is 0.333. The predicted octanol–water partition coefficient (Wildman–Crippen LogP) is 2.30. The van der Waals surface area contributed by atoms with Crippen molar-refractivity contribution in [3.05, 3.63) is 33.9 Å². The van der Waals surface area contributed by atoms with Crippen molar-refractivity contribution in [3.8, 4) is 0 Å². The fourth-order valence-electron chi connectivity index (χ4n) is 1.31. The summed E-state index contributed by atoms with van der Waals surface area (Å²) in [4.78, 5) is 0. The van der Waals surface area contributed by atoms with Gasteiger partial charge in [-0.15, -0.1) is 0 Å². The van der Waals surface area contributed by atoms with Gasteiger partial charge in [-0.1, -0.05) is 5.16 Å². The summed E-state index contributed by atoms with van der Waals surface area (Å²) in [5.74, 6) is 0.856. The smallest absolute Gasteiger partial charge is 0.138 e. The van der Waals surface area contributed by atoms with E-state index < -0.39 is 0 Å². The quantitative estimate of drug-likeness (QED) is 0.828. The monoisotopic (exact) mass is 255 g/mol. The Morgan fingerprint density at radius 2 is 2.29 bits per heavy atom. The molecule has 0 fully saturated rings. The molecule has 0 saturated heterocycles. The molecule has 0 bridgehead atoms. The van der Waals surface area contributed by atoms with Gasteiger partial charge in [-0.05, 0) is 29.8 Å². The number of nitrogens with zero attached hydrogens (tertiary/aromatic N) is 3. The molecule has 4 nitrogen and oxygen atoms in total. The van der Waals surface area contributed by atoms with Crippen molar-refractivity contribution in [3.63, 3.8) is 0 Å². The van der Waals surface area contributed by atoms with E-state index >= 15 is 0 Å². The first-order valence-electron chi connectivity index (χ1n) is 4.26. The van der Waals surface area contributed by atoms with Crippen LogP contribution in [0.2, 0.25) is 0 Å². The standard InChI is InChI=1S/C9H10BrN3O/c1-6-9(7(2)14-12-6)5-13-4-8(10)3-11-13/h3-4H,5H2,1-2H3. The van der Waals surface area contributed by atoms with Crippen LogP contribution in [-0.2, 0) is 6.54 Å². The molecule has 0 radical (unpaired) electrons. The molecule has 2 aromatic heterocycles. The van der Waals surface area contributed by atoms with Gasteiger partial charge in [-0.25, -0.2) is 0 Å². The van der Waals surface area contributed by atoms with E-state index in [9.17, 15) is 0 Å². The van der Waals surface area contributed by atoms with E-state index in [1.807, 2.05) is 24.7 Å². The van der Waals surface area contributed by atoms with Crippen LogP contribution in [0.4, 0.5) is 0 Å². The summed E-state index contributed by atoms with van der Waals surface area (Å²) < 4.78 is 7.89. The number of aryl methyl sites for hydroxylation is 2. The van der Waals surface area contributed by atoms with Crippen LogP contribution in [-0.4, -0.2) is 14.9 Å². The van der Waals surface area contributed by atoms with Gasteiger partial charge in [-0.3, -0.25) is 4.68 Å². The van der Waals surface area contributed by atoms with E-state index in [-0.39, 0.29) is 0 Å². The number of halogens is 1. The van der Waals surface area contributed by atoms with Gasteiger partial charge in [0.05, 0.1) is 22.9 Å². The van der Waals surface area contributed by atoms with Gasteiger partial charge in [0.1, 0.15) is 5.76 Å². The van der Waals surface area contributed by atoms with Crippen LogP contribution in [0.1, 0.15) is 17.0 Å². The van der Waals surface area contributed by atoms with Gasteiger partial charge >= 0.3 is 0 Å². The molecule has 2 aromatic rings. The van der Waals surface area contributed by atoms with Crippen molar-refractivity contribution in [2.45, 2.75) is 20.4 Å². The second kappa shape index (κ2) is 3.57. The molecular formula is C9H10BrN3O. The largest absolute Gasteiger partial charge is 0.361 e. The van der Waals surface area contributed by atoms with Crippen LogP contribution in [0.5, 0.6) is 0 Å². The lowest BCUT2D eigenvalue weighted by Crippen LogP contribution is -2.01. The molecule has 0 aromatic carbocycles. The Hall–Kier alpha value is -1.10. The van der Waals surface area contributed by atoms with Crippen molar-refractivity contribution in [2.75, 3.05) is 0 Å². The van der Waals surface area contributed by atoms with E-state index in [1.54, 1.807) is 6.20 Å². The average molecular weight is 256 g/mol. The summed E-state index contributed by atoms with van der Waals surface area (Å²) in [5, 5.41) is 8.06. The predicted molar refractivity (Wildman–Crippen MR) is 55.0 cm³/mol. The minimum atomic E-state index is 0.701. The SMILES string of the molecule is Cc1noc(C)c1Cn1cc(Br)cn1. The Balaban J connectivity index is 2.26. The van der Waals surface area contributed by atoms with Gasteiger partial charge in [0.25, 0.3) is 0 Å². The van der Waals surface area contributed by atoms with Crippen molar-refractivity contribution < 1.29 is 4.52 Å². The second-order valence-electron chi connectivity index (χ2n) is 3.16. The van der Waals surface area contributed by atoms with Crippen molar-refractivity contribution in [2.24, 2.45) is 0 Å². The Morgan fingerprint density at radius 3 is 2.79 bits per heavy atom. The highest BCUT2D eigenvalue weighted by Gasteiger charge is 2.09. The first-order chi connectivity index (χ1) is 6.66. The third kappa shape index (κ3) is 1.72. The molecule has 14 heavy (non-hydrogen) atoms. The van der Waals surface area contributed by atoms with Crippen molar-refractivity contribution in [1.82, 2.24) is 14.9 Å². The maximum absolute atomic E-state index is 5.07. The van der Waals surface area contributed by atoms with E-state index in [1.165, 1.54) is 0 Å². The van der Waals surface area contributed by atoms with Gasteiger partial charge in [0, 0.05) is 11.8 Å². The van der Waals surface area contributed by atoms with E-state index in [4.69, 9.17) is 4.52 Å². The zero-order chi connectivity index (χ0) is 10.1. The van der Waals surface area contributed by atoms with Crippen LogP contribution in [0.25, 0.3) is 0 Å². The summed E-state index contributed by atoms with van der Waals surface area (Å²) in [5.41, 5.74) is 2.02. The molecule has 0 aliphatic rings. The maximum Gasteiger partial charge on any atom is 0.138 e. The molecule has 5 heteroatoms. The van der Waals surface area contributed by atoms with Crippen molar-refractivity contribution in [1.29, 1.82) is 0 Å². The van der Waals surface area contributed by atoms with Crippen LogP contribution in [0, 0.1) is 13.8 Å². The molecule has 0 spiro atoms. The number of rotatable bonds is 2. The minimum Gasteiger partial charge on any atom is -0.361 e. The molecule has 2 rings (SSSR count). The summed E-state index contributed by atoms with van der Waals surface area (Å²) in [6.07, 6.45) is 3.68. The Morgan fingerprint density at radius 1 is 1.50 bits per heavy atom. The molecule has 0 aliphatic carbocycles. The van der Waals surface area contributed by atoms with Gasteiger partial charge in [-0.2, -0.15) is 5.10 Å². The molecule has 0 amide bonds. The Labute approximate surface area is 90.0 Å². The first kappa shape index (κ1) is 9.45. The lowest BCUT2D eigenvalue weighted by atomic mass is 10.2. The summed E-state index contributed by atoms with van der Waals surface area (Å²) in [6, 6.07) is 0. The molecule has 0 saturated carbocycles. The third-order valence-corrected chi connectivity index (χ3v) is 2.51. The number of aromatic nitrogens is 3. The molecule has 2 heterocycles. The van der Waals surface area contributed by atoms with Crippen LogP contribution in [0.3, 0.4) is 0 Å². The molecule has 0 unspecified atom stereocenters. The molecule has 0 atom stereocenters. The normalized spacial score (nSPS) is 10.8. The molecular weight excluding hydrogens is 246 g/mol. The topological polar surface area (TPSA) is 43.9 Å². The molecule has 0 N–H and O–H groups in total. The van der Waals surface area contributed by atoms with E-state index in [0.717, 1.165) is 21.5 Å². The Kier molecular flexibility index (Phi) is 2.41. The summed E-state index contributed by atoms with van der Waals surface area (Å²) >= 11 is 3.35. The Bertz CT molecular complexity index is 427. The van der Waals surface area contributed by atoms with Crippen LogP contribution < -0.4 is 0 Å². The van der Waals surface area contributed by atoms with E-state index in [2.05, 4.69) is 26.2 Å². The van der Waals surface area contributed by atoms with Crippen LogP contribution in [0.15, 0.2) is 21.4 Å². The number of hydrogen-bond donors (Lipinski definition) is 0. The second-order valence-corrected chi connectivity index (χ2v) is 4.07. The van der Waals surface area contributed by atoms with Crippen molar-refractivity contribution >= 4 is 15.9 Å². The number of hydrogen-bond acceptors (Lipinski definition) is 3. The maximum atomic E-state index is 5.07. The summed E-state index contributed by atoms with van der Waals surface area (Å²) in [7, 11) is 0. The molecule has 74 valence electrons.